The molecule has 0 saturated carbocycles. The van der Waals surface area contributed by atoms with E-state index in [4.69, 9.17) is 18.9 Å². The Morgan fingerprint density at radius 2 is 1.67 bits per heavy atom. The molecule has 1 N–H and O–H groups in total. The Bertz CT molecular complexity index is 854. The van der Waals surface area contributed by atoms with Crippen LogP contribution in [0.5, 0.6) is 23.0 Å². The Kier molecular flexibility index (Phi) is 4.77. The van der Waals surface area contributed by atoms with Gasteiger partial charge in [-0.25, -0.2) is 0 Å². The third-order valence-electron chi connectivity index (χ3n) is 4.72. The fraction of sp³-hybridized carbons (Fsp3) is 0.350. The molecule has 0 aliphatic carbocycles. The lowest BCUT2D eigenvalue weighted by molar-refractivity contribution is -0.120. The van der Waals surface area contributed by atoms with Gasteiger partial charge in [-0.2, -0.15) is 0 Å². The van der Waals surface area contributed by atoms with E-state index in [1.165, 1.54) is 0 Å². The van der Waals surface area contributed by atoms with Crippen LogP contribution in [0.25, 0.3) is 0 Å². The van der Waals surface area contributed by atoms with E-state index in [2.05, 4.69) is 5.32 Å². The second-order valence-electron chi connectivity index (χ2n) is 6.63. The van der Waals surface area contributed by atoms with Crippen molar-refractivity contribution < 1.29 is 23.7 Å². The second kappa shape index (κ2) is 7.36. The molecule has 0 fully saturated rings. The Hall–Kier alpha value is -2.93. The average molecular weight is 370 g/mol. The number of carbonyl (C=O) groups is 1. The first-order chi connectivity index (χ1) is 13.1. The van der Waals surface area contributed by atoms with Gasteiger partial charge in [0.15, 0.2) is 23.0 Å². The minimum absolute atomic E-state index is 0.0880. The normalized spacial score (nSPS) is 15.5. The summed E-state index contributed by atoms with van der Waals surface area (Å²) in [6.45, 7) is 3.80. The number of hydrogen-bond acceptors (Lipinski definition) is 6. The van der Waals surface area contributed by atoms with E-state index >= 15 is 0 Å². The molecule has 1 amide bonds. The van der Waals surface area contributed by atoms with Crippen LogP contribution in [0.4, 0.5) is 5.69 Å². The molecule has 0 bridgehead atoms. The van der Waals surface area contributed by atoms with E-state index in [1.54, 1.807) is 6.07 Å². The molecule has 0 saturated heterocycles. The van der Waals surface area contributed by atoms with Gasteiger partial charge in [-0.05, 0) is 43.8 Å². The number of nitrogens with one attached hydrogen (secondary N) is 1. The molecule has 2 aromatic rings. The van der Waals surface area contributed by atoms with Crippen molar-refractivity contribution in [3.05, 3.63) is 42.0 Å². The molecule has 0 aromatic heterocycles. The van der Waals surface area contributed by atoms with Crippen molar-refractivity contribution in [1.82, 2.24) is 4.90 Å². The summed E-state index contributed by atoms with van der Waals surface area (Å²) in [5.41, 5.74) is 1.74. The number of likely N-dealkylation sites (N-methyl/N-ethyl adjacent to an activating group) is 1. The fourth-order valence-electron chi connectivity index (χ4n) is 3.03. The van der Waals surface area contributed by atoms with Crippen LogP contribution in [-0.2, 0) is 11.3 Å². The number of rotatable bonds is 5. The third-order valence-corrected chi connectivity index (χ3v) is 4.72. The predicted octanol–water partition coefficient (Wildman–Crippen LogP) is 2.65. The summed E-state index contributed by atoms with van der Waals surface area (Å²) in [5, 5.41) is 2.94. The maximum Gasteiger partial charge on any atom is 0.241 e. The highest BCUT2D eigenvalue weighted by atomic mass is 16.7. The van der Waals surface area contributed by atoms with Crippen LogP contribution >= 0.6 is 0 Å². The molecule has 4 rings (SSSR count). The molecular formula is C20H22N2O5. The smallest absolute Gasteiger partial charge is 0.241 e. The first-order valence-corrected chi connectivity index (χ1v) is 8.89. The molecule has 2 aliphatic heterocycles. The summed E-state index contributed by atoms with van der Waals surface area (Å²) in [7, 11) is 1.92. The largest absolute Gasteiger partial charge is 0.486 e. The minimum Gasteiger partial charge on any atom is -0.486 e. The molecule has 0 radical (unpaired) electrons. The van der Waals surface area contributed by atoms with Gasteiger partial charge in [0.25, 0.3) is 0 Å². The SMILES string of the molecule is CC(C(=O)Nc1ccc2c(c1)OCCO2)N(C)Cc1ccc2c(c1)OCO2. The van der Waals surface area contributed by atoms with Crippen LogP contribution in [0, 0.1) is 0 Å². The first kappa shape index (κ1) is 17.5. The standard InChI is InChI=1S/C20H22N2O5/c1-13(22(2)11-14-3-5-17-18(9-14)27-12-26-17)20(23)21-15-4-6-16-19(10-15)25-8-7-24-16/h3-6,9-10,13H,7-8,11-12H2,1-2H3,(H,21,23). The van der Waals surface area contributed by atoms with E-state index in [-0.39, 0.29) is 18.7 Å². The molecule has 1 unspecified atom stereocenters. The summed E-state index contributed by atoms with van der Waals surface area (Å²) >= 11 is 0. The van der Waals surface area contributed by atoms with Crippen molar-refractivity contribution in [2.75, 3.05) is 32.4 Å². The zero-order valence-electron chi connectivity index (χ0n) is 15.4. The zero-order chi connectivity index (χ0) is 18.8. The molecule has 7 nitrogen and oxygen atoms in total. The van der Waals surface area contributed by atoms with Gasteiger partial charge in [0.1, 0.15) is 13.2 Å². The van der Waals surface area contributed by atoms with Crippen LogP contribution in [0.15, 0.2) is 36.4 Å². The summed E-state index contributed by atoms with van der Waals surface area (Å²) in [6, 6.07) is 10.9. The lowest BCUT2D eigenvalue weighted by Crippen LogP contribution is -2.39. The Labute approximate surface area is 157 Å². The molecule has 7 heteroatoms. The predicted molar refractivity (Wildman–Crippen MR) is 99.6 cm³/mol. The van der Waals surface area contributed by atoms with Crippen LogP contribution in [0.2, 0.25) is 0 Å². The Balaban J connectivity index is 1.38. The molecule has 0 spiro atoms. The van der Waals surface area contributed by atoms with Crippen molar-refractivity contribution in [3.8, 4) is 23.0 Å². The summed E-state index contributed by atoms with van der Waals surface area (Å²) < 4.78 is 21.8. The van der Waals surface area contributed by atoms with E-state index in [9.17, 15) is 4.79 Å². The quantitative estimate of drug-likeness (QED) is 0.873. The number of fused-ring (bicyclic) bond motifs is 2. The topological polar surface area (TPSA) is 69.3 Å². The number of ether oxygens (including phenoxy) is 4. The van der Waals surface area contributed by atoms with Crippen molar-refractivity contribution in [2.45, 2.75) is 19.5 Å². The number of hydrogen-bond donors (Lipinski definition) is 1. The lowest BCUT2D eigenvalue weighted by Gasteiger charge is -2.24. The number of benzene rings is 2. The van der Waals surface area contributed by atoms with Crippen LogP contribution in [-0.4, -0.2) is 43.9 Å². The summed E-state index contributed by atoms with van der Waals surface area (Å²) in [6.07, 6.45) is 0. The van der Waals surface area contributed by atoms with Gasteiger partial charge >= 0.3 is 0 Å². The molecule has 2 aromatic carbocycles. The highest BCUT2D eigenvalue weighted by Gasteiger charge is 2.21. The number of anilines is 1. The highest BCUT2D eigenvalue weighted by molar-refractivity contribution is 5.94. The van der Waals surface area contributed by atoms with Crippen LogP contribution < -0.4 is 24.3 Å². The number of carbonyl (C=O) groups excluding carboxylic acids is 1. The molecule has 27 heavy (non-hydrogen) atoms. The van der Waals surface area contributed by atoms with Gasteiger partial charge in [-0.1, -0.05) is 6.07 Å². The van der Waals surface area contributed by atoms with E-state index in [0.717, 1.165) is 17.1 Å². The zero-order valence-corrected chi connectivity index (χ0v) is 15.4. The van der Waals surface area contributed by atoms with Gasteiger partial charge in [0.2, 0.25) is 12.7 Å². The van der Waals surface area contributed by atoms with Crippen molar-refractivity contribution in [2.24, 2.45) is 0 Å². The molecule has 2 aliphatic rings. The Morgan fingerprint density at radius 1 is 1.00 bits per heavy atom. The third kappa shape index (κ3) is 3.78. The first-order valence-electron chi connectivity index (χ1n) is 8.89. The second-order valence-corrected chi connectivity index (χ2v) is 6.63. The van der Waals surface area contributed by atoms with Gasteiger partial charge in [0.05, 0.1) is 6.04 Å². The van der Waals surface area contributed by atoms with Gasteiger partial charge < -0.3 is 24.3 Å². The van der Waals surface area contributed by atoms with E-state index in [0.29, 0.717) is 36.9 Å². The molecular weight excluding hydrogens is 348 g/mol. The fourth-order valence-corrected chi connectivity index (χ4v) is 3.03. The van der Waals surface area contributed by atoms with E-state index in [1.807, 2.05) is 49.2 Å². The van der Waals surface area contributed by atoms with E-state index < -0.39 is 0 Å². The number of nitrogens with zero attached hydrogens (tertiary/aromatic N) is 1. The highest BCUT2D eigenvalue weighted by Crippen LogP contribution is 2.34. The molecule has 2 heterocycles. The minimum atomic E-state index is -0.316. The van der Waals surface area contributed by atoms with Crippen molar-refractivity contribution in [3.63, 3.8) is 0 Å². The molecule has 1 atom stereocenters. The number of amides is 1. The van der Waals surface area contributed by atoms with Gasteiger partial charge in [-0.3, -0.25) is 9.69 Å². The maximum atomic E-state index is 12.6. The average Bonchev–Trinajstić information content (AvgIpc) is 3.15. The molecule has 142 valence electrons. The lowest BCUT2D eigenvalue weighted by atomic mass is 10.1. The van der Waals surface area contributed by atoms with Crippen LogP contribution in [0.1, 0.15) is 12.5 Å². The van der Waals surface area contributed by atoms with Gasteiger partial charge in [-0.15, -0.1) is 0 Å². The van der Waals surface area contributed by atoms with Crippen molar-refractivity contribution >= 4 is 11.6 Å². The van der Waals surface area contributed by atoms with Crippen LogP contribution in [0.3, 0.4) is 0 Å². The summed E-state index contributed by atoms with van der Waals surface area (Å²) in [4.78, 5) is 14.6. The van der Waals surface area contributed by atoms with Crippen molar-refractivity contribution in [1.29, 1.82) is 0 Å². The Morgan fingerprint density at radius 3 is 2.52 bits per heavy atom. The van der Waals surface area contributed by atoms with Gasteiger partial charge in [0, 0.05) is 18.3 Å². The monoisotopic (exact) mass is 370 g/mol. The summed E-state index contributed by atoms with van der Waals surface area (Å²) in [5.74, 6) is 2.77. The maximum absolute atomic E-state index is 12.6.